The van der Waals surface area contributed by atoms with E-state index < -0.39 is 16.6 Å². The first kappa shape index (κ1) is 43.1. The van der Waals surface area contributed by atoms with Crippen molar-refractivity contribution in [1.29, 1.82) is 0 Å². The van der Waals surface area contributed by atoms with Gasteiger partial charge in [-0.3, -0.25) is 0 Å². The molecular weight excluding hydrogens is 805 g/mol. The second-order valence-electron chi connectivity index (χ2n) is 18.5. The lowest BCUT2D eigenvalue weighted by Gasteiger charge is -2.42. The van der Waals surface area contributed by atoms with Crippen LogP contribution in [0.2, 0.25) is 5.67 Å². The number of benzene rings is 8. The molecule has 6 heteroatoms. The molecule has 316 valence electrons. The molecule has 0 radical (unpaired) electrons. The van der Waals surface area contributed by atoms with Gasteiger partial charge >= 0.3 is 16.6 Å². The summed E-state index contributed by atoms with van der Waals surface area (Å²) in [6.45, 7) is 13.1. The van der Waals surface area contributed by atoms with Crippen LogP contribution in [0.15, 0.2) is 206 Å². The quantitative estimate of drug-likeness (QED) is 0.120. The third kappa shape index (κ3) is 8.88. The molecule has 8 rings (SSSR count). The number of hydrogen-bond donors (Lipinski definition) is 2. The Morgan fingerprint density at radius 3 is 0.937 bits per heavy atom. The monoisotopic (exact) mass is 860 g/mol. The molecule has 0 aliphatic carbocycles. The third-order valence-electron chi connectivity index (χ3n) is 12.1. The van der Waals surface area contributed by atoms with E-state index in [9.17, 15) is 10.2 Å². The van der Waals surface area contributed by atoms with Gasteiger partial charge in [0.25, 0.3) is 0 Å². The zero-order valence-corrected chi connectivity index (χ0v) is 39.0. The molecule has 4 nitrogen and oxygen atoms in total. The lowest BCUT2D eigenvalue weighted by Crippen LogP contribution is -2.74. The van der Waals surface area contributed by atoms with E-state index in [-0.39, 0.29) is 22.3 Å². The van der Waals surface area contributed by atoms with Crippen molar-refractivity contribution in [2.75, 3.05) is 0 Å². The lowest BCUT2D eigenvalue weighted by molar-refractivity contribution is 0.475. The minimum Gasteiger partial charge on any atom is -0.534 e. The molecule has 0 saturated carbocycles. The number of hydrogen-bond acceptors (Lipinski definition) is 4. The number of rotatable bonds is 12. The highest BCUT2D eigenvalue weighted by atomic mass is 28.4. The normalized spacial score (nSPS) is 12.2. The first-order valence-corrected chi connectivity index (χ1v) is 26.0. The Morgan fingerprint density at radius 1 is 0.349 bits per heavy atom. The number of phenols is 2. The molecule has 0 unspecified atom stereocenters. The van der Waals surface area contributed by atoms with Crippen LogP contribution in [0.5, 0.6) is 23.0 Å². The van der Waals surface area contributed by atoms with Gasteiger partial charge in [0, 0.05) is 27.9 Å². The molecule has 0 saturated heterocycles. The summed E-state index contributed by atoms with van der Waals surface area (Å²) in [6.07, 6.45) is 0. The summed E-state index contributed by atoms with van der Waals surface area (Å²) in [6, 6.07) is 70.7. The molecule has 0 aliphatic heterocycles. The SMILES string of the molecule is CC(C)(C)c1ccc(O)c(-c2ccccc2O[Si](C[Si](Oc2ccccc2-c2cc(C(C)(C)C)ccc2O)(c2ccccc2)c2ccccc2)(c2ccccc2)c2ccccc2)c1. The Kier molecular flexibility index (Phi) is 12.1. The van der Waals surface area contributed by atoms with Crippen molar-refractivity contribution in [3.8, 4) is 45.3 Å². The van der Waals surface area contributed by atoms with Gasteiger partial charge in [-0.25, -0.2) is 0 Å². The second kappa shape index (κ2) is 17.6. The fraction of sp³-hybridized carbons (Fsp3) is 0.158. The first-order chi connectivity index (χ1) is 30.3. The van der Waals surface area contributed by atoms with Crippen LogP contribution in [0, 0.1) is 0 Å². The van der Waals surface area contributed by atoms with Crippen LogP contribution in [0.3, 0.4) is 0 Å². The van der Waals surface area contributed by atoms with Gasteiger partial charge in [0.1, 0.15) is 23.0 Å². The standard InChI is InChI=1S/C57H56O4Si2/c1-56(2,3)42-35-37-52(58)50(39-42)48-31-19-21-33-54(48)60-62(44-23-11-7-12-24-44,45-25-13-8-14-26-45)41-63(46-27-15-9-16-28-46,47-29-17-10-18-30-47)61-55-34-22-20-32-49(55)51-40-43(57(4,5)6)36-38-53(51)59/h7-40,58-59H,41H2,1-6H3. The molecule has 0 aromatic heterocycles. The van der Waals surface area contributed by atoms with Crippen molar-refractivity contribution in [2.45, 2.75) is 58.0 Å². The fourth-order valence-electron chi connectivity index (χ4n) is 8.60. The Bertz CT molecular complexity index is 2520. The van der Waals surface area contributed by atoms with Crippen molar-refractivity contribution in [3.63, 3.8) is 0 Å². The average molecular weight is 861 g/mol. The maximum Gasteiger partial charge on any atom is 0.316 e. The minimum absolute atomic E-state index is 0.139. The molecule has 0 fully saturated rings. The Hall–Kier alpha value is -6.61. The summed E-state index contributed by atoms with van der Waals surface area (Å²) in [5.74, 6) is 1.77. The van der Waals surface area contributed by atoms with Gasteiger partial charge in [0.2, 0.25) is 0 Å². The van der Waals surface area contributed by atoms with Crippen LogP contribution in [-0.4, -0.2) is 26.8 Å². The molecule has 0 heterocycles. The van der Waals surface area contributed by atoms with Crippen LogP contribution in [-0.2, 0) is 10.8 Å². The predicted molar refractivity (Wildman–Crippen MR) is 266 cm³/mol. The average Bonchev–Trinajstić information content (AvgIpc) is 3.30. The smallest absolute Gasteiger partial charge is 0.316 e. The Morgan fingerprint density at radius 2 is 0.635 bits per heavy atom. The van der Waals surface area contributed by atoms with E-state index in [1.807, 2.05) is 48.5 Å². The summed E-state index contributed by atoms with van der Waals surface area (Å²) in [4.78, 5) is 0. The van der Waals surface area contributed by atoms with Crippen LogP contribution < -0.4 is 29.6 Å². The molecule has 2 N–H and O–H groups in total. The topological polar surface area (TPSA) is 58.9 Å². The minimum atomic E-state index is -3.51. The Labute approximate surface area is 375 Å². The lowest BCUT2D eigenvalue weighted by atomic mass is 9.85. The maximum atomic E-state index is 11.6. The first-order valence-electron chi connectivity index (χ1n) is 21.7. The van der Waals surface area contributed by atoms with E-state index in [4.69, 9.17) is 8.85 Å². The highest BCUT2D eigenvalue weighted by molar-refractivity contribution is 7.13. The summed E-state index contributed by atoms with van der Waals surface area (Å²) >= 11 is 0. The van der Waals surface area contributed by atoms with E-state index in [2.05, 4.69) is 187 Å². The van der Waals surface area contributed by atoms with Crippen molar-refractivity contribution >= 4 is 37.4 Å². The number of aromatic hydroxyl groups is 2. The zero-order chi connectivity index (χ0) is 44.2. The molecule has 0 atom stereocenters. The van der Waals surface area contributed by atoms with Crippen LogP contribution >= 0.6 is 0 Å². The third-order valence-corrected chi connectivity index (χ3v) is 22.3. The van der Waals surface area contributed by atoms with Crippen LogP contribution in [0.4, 0.5) is 0 Å². The van der Waals surface area contributed by atoms with Gasteiger partial charge in [0.15, 0.2) is 0 Å². The summed E-state index contributed by atoms with van der Waals surface area (Å²) in [5, 5.41) is 27.5. The van der Waals surface area contributed by atoms with Gasteiger partial charge in [-0.2, -0.15) is 0 Å². The van der Waals surface area contributed by atoms with Gasteiger partial charge < -0.3 is 19.1 Å². The largest absolute Gasteiger partial charge is 0.534 e. The number of para-hydroxylation sites is 2. The van der Waals surface area contributed by atoms with Crippen molar-refractivity contribution < 1.29 is 19.1 Å². The summed E-state index contributed by atoms with van der Waals surface area (Å²) < 4.78 is 16.0. The van der Waals surface area contributed by atoms with Gasteiger partial charge in [-0.05, 0) is 79.1 Å². The molecule has 0 aliphatic rings. The van der Waals surface area contributed by atoms with E-state index in [1.165, 1.54) is 0 Å². The molecule has 8 aromatic rings. The van der Waals surface area contributed by atoms with Crippen molar-refractivity contribution in [3.05, 3.63) is 217 Å². The molecule has 0 bridgehead atoms. The molecule has 0 amide bonds. The number of phenolic OH excluding ortho intramolecular Hbond substituents is 2. The van der Waals surface area contributed by atoms with Crippen molar-refractivity contribution in [2.24, 2.45) is 0 Å². The maximum absolute atomic E-state index is 11.6. The van der Waals surface area contributed by atoms with Gasteiger partial charge in [-0.15, -0.1) is 0 Å². The molecule has 0 spiro atoms. The molecule has 63 heavy (non-hydrogen) atoms. The predicted octanol–water partition coefficient (Wildman–Crippen LogP) is 11.5. The highest BCUT2D eigenvalue weighted by Crippen LogP contribution is 2.42. The highest BCUT2D eigenvalue weighted by Gasteiger charge is 2.55. The van der Waals surface area contributed by atoms with Crippen LogP contribution in [0.25, 0.3) is 22.3 Å². The van der Waals surface area contributed by atoms with Gasteiger partial charge in [-0.1, -0.05) is 211 Å². The fourth-order valence-corrected chi connectivity index (χ4v) is 20.4. The van der Waals surface area contributed by atoms with Crippen LogP contribution in [0.1, 0.15) is 52.7 Å². The molecular formula is C57H56O4Si2. The van der Waals surface area contributed by atoms with E-state index in [1.54, 1.807) is 12.1 Å². The summed E-state index contributed by atoms with van der Waals surface area (Å²) in [5.41, 5.74) is 5.56. The molecule has 8 aromatic carbocycles. The van der Waals surface area contributed by atoms with E-state index in [0.717, 1.165) is 54.1 Å². The van der Waals surface area contributed by atoms with E-state index >= 15 is 0 Å². The van der Waals surface area contributed by atoms with Gasteiger partial charge in [0.05, 0.1) is 0 Å². The second-order valence-corrected chi connectivity index (χ2v) is 25.9. The van der Waals surface area contributed by atoms with E-state index in [0.29, 0.717) is 17.2 Å². The zero-order valence-electron chi connectivity index (χ0n) is 37.0. The van der Waals surface area contributed by atoms with Crippen molar-refractivity contribution in [1.82, 2.24) is 0 Å². The Balaban J connectivity index is 1.42. The summed E-state index contributed by atoms with van der Waals surface area (Å²) in [7, 11) is -7.02.